The predicted molar refractivity (Wildman–Crippen MR) is 588 cm³/mol. The normalized spacial score (nSPS) is 25.8. The summed E-state index contributed by atoms with van der Waals surface area (Å²) in [6.07, 6.45) is 9.99. The summed E-state index contributed by atoms with van der Waals surface area (Å²) in [5, 5.41) is 135. The van der Waals surface area contributed by atoms with Crippen molar-refractivity contribution in [2.75, 3.05) is 50.4 Å². The molecule has 6 atom stereocenters. The number of phenolic OH excluding ortho intramolecular Hbond substituents is 11. The van der Waals surface area contributed by atoms with Gasteiger partial charge in [0.2, 0.25) is 0 Å². The van der Waals surface area contributed by atoms with Gasteiger partial charge >= 0.3 is 0 Å². The van der Waals surface area contributed by atoms with E-state index in [0.717, 1.165) is 183 Å². The zero-order valence-corrected chi connectivity index (χ0v) is 89.3. The number of nitrogens with one attached hydrogen (secondary N) is 3. The van der Waals surface area contributed by atoms with Gasteiger partial charge in [0.05, 0.1) is 62.6 Å². The second kappa shape index (κ2) is 29.6. The molecule has 0 saturated heterocycles. The first-order valence-corrected chi connectivity index (χ1v) is 52.1. The highest BCUT2D eigenvalue weighted by atomic mass is 16.3. The summed E-state index contributed by atoms with van der Waals surface area (Å²) in [6, 6.07) is 48.8. The van der Waals surface area contributed by atoms with Gasteiger partial charge in [-0.2, -0.15) is 0 Å². The molecule has 12 aromatic carbocycles. The predicted octanol–water partition coefficient (Wildman–Crippen LogP) is 26.4. The quantitative estimate of drug-likeness (QED) is 0.0543. The van der Waals surface area contributed by atoms with Crippen molar-refractivity contribution in [2.24, 2.45) is 0 Å². The Hall–Kier alpha value is -13.4. The van der Waals surface area contributed by atoms with Crippen LogP contribution in [0.2, 0.25) is 0 Å². The topological polar surface area (TPSA) is 415 Å². The number of fused-ring (bicyclic) bond motifs is 24. The summed E-state index contributed by atoms with van der Waals surface area (Å²) in [4.78, 5) is 0. The van der Waals surface area contributed by atoms with Gasteiger partial charge in [-0.15, -0.1) is 0 Å². The number of rotatable bonds is 6. The Bertz CT molecular complexity index is 7660. The minimum absolute atomic E-state index is 0.0610. The first-order valence-electron chi connectivity index (χ1n) is 52.1. The molecule has 0 bridgehead atoms. The van der Waals surface area contributed by atoms with Crippen LogP contribution in [0.25, 0.3) is 0 Å². The Kier molecular flexibility index (Phi) is 19.7. The van der Waals surface area contributed by atoms with E-state index in [1.54, 1.807) is 18.2 Å². The van der Waals surface area contributed by atoms with Gasteiger partial charge in [0.25, 0.3) is 0 Å². The summed E-state index contributed by atoms with van der Waals surface area (Å²) < 4.78 is 0. The number of anilines is 12. The SMILES string of the molecule is CC1(C)CC2(CC(C)(C)c3cc(N)c(O)cc32)c2ccc(Nc3cc4c(cc3O)C3(CC(C)(C)c5cc(N)c(O)cc53)CC4(C)C)cc21.CC1(C)CC2(CC(C)(C)c3cc(Nc4c(O)ccc5c4C4(CC(C)(C)c6cc(N)c(O)cc64)CC5(C)C)c(O)cc32)c2cc(O)c(N)cc21.CC1(C)CC2(CC(C)(C)c3ccc(O)c(Nc4c(O)ccc5c4C4(CC(C)(C)c6cc(N)c(O)cc64)CC5(C)C)c32)c2cc(O)c(N)cc21. The lowest BCUT2D eigenvalue weighted by Gasteiger charge is -2.34. The average Bonchev–Trinajstić information content (AvgIpc) is 1.50. The van der Waals surface area contributed by atoms with Crippen LogP contribution in [0.1, 0.15) is 377 Å². The van der Waals surface area contributed by atoms with Crippen molar-refractivity contribution in [1.82, 2.24) is 0 Å². The van der Waals surface area contributed by atoms with Crippen molar-refractivity contribution in [1.29, 1.82) is 0 Å². The van der Waals surface area contributed by atoms with E-state index in [0.29, 0.717) is 62.6 Å². The Balaban J connectivity index is 0.000000125. The van der Waals surface area contributed by atoms with E-state index < -0.39 is 21.7 Å². The Morgan fingerprint density at radius 1 is 0.164 bits per heavy atom. The van der Waals surface area contributed by atoms with Gasteiger partial charge in [-0.25, -0.2) is 0 Å². The van der Waals surface area contributed by atoms with Crippen molar-refractivity contribution >= 4 is 68.2 Å². The first kappa shape index (κ1) is 97.4. The zero-order chi connectivity index (χ0) is 105. The van der Waals surface area contributed by atoms with Crippen LogP contribution in [0.3, 0.4) is 0 Å². The minimum Gasteiger partial charge on any atom is -0.506 e. The summed E-state index contributed by atoms with van der Waals surface area (Å²) >= 11 is 0. The zero-order valence-electron chi connectivity index (χ0n) is 89.3. The van der Waals surface area contributed by atoms with Gasteiger partial charge in [-0.05, 0) is 403 Å². The van der Waals surface area contributed by atoms with Crippen LogP contribution in [-0.2, 0) is 97.5 Å². The van der Waals surface area contributed by atoms with Gasteiger partial charge in [0.15, 0.2) is 0 Å². The number of nitrogens with two attached hydrogens (primary N) is 6. The van der Waals surface area contributed by atoms with Crippen LogP contribution in [-0.4, -0.2) is 56.2 Å². The third-order valence-electron chi connectivity index (χ3n) is 38.4. The highest BCUT2D eigenvalue weighted by Gasteiger charge is 2.66. The van der Waals surface area contributed by atoms with Crippen LogP contribution in [0.15, 0.2) is 152 Å². The molecule has 20 nitrogen and oxygen atoms in total. The molecule has 0 heterocycles. The fraction of sp³-hybridized carbons (Fsp3) is 0.429. The fourth-order valence-corrected chi connectivity index (χ4v) is 33.7. The molecule has 12 aliphatic rings. The molecule has 24 rings (SSSR count). The maximum atomic E-state index is 11.9. The van der Waals surface area contributed by atoms with E-state index >= 15 is 0 Å². The summed E-state index contributed by atoms with van der Waals surface area (Å²) in [7, 11) is 0. The largest absolute Gasteiger partial charge is 0.506 e. The number of hydrogen-bond acceptors (Lipinski definition) is 20. The van der Waals surface area contributed by atoms with E-state index in [1.807, 2.05) is 103 Å². The van der Waals surface area contributed by atoms with E-state index in [4.69, 9.17) is 34.4 Å². The Morgan fingerprint density at radius 3 is 0.589 bits per heavy atom. The molecule has 0 amide bonds. The van der Waals surface area contributed by atoms with Crippen LogP contribution in [0.5, 0.6) is 63.2 Å². The molecule has 762 valence electrons. The molecule has 6 spiro atoms. The van der Waals surface area contributed by atoms with E-state index in [2.05, 4.69) is 212 Å². The van der Waals surface area contributed by atoms with Crippen molar-refractivity contribution in [3.63, 3.8) is 0 Å². The highest BCUT2D eigenvalue weighted by molar-refractivity contribution is 5.88. The summed E-state index contributed by atoms with van der Waals surface area (Å²) in [6.45, 7) is 54.0. The van der Waals surface area contributed by atoms with Crippen molar-refractivity contribution in [2.45, 2.75) is 341 Å². The lowest BCUT2D eigenvalue weighted by molar-refractivity contribution is 0.348. The molecule has 20 heteroatoms. The van der Waals surface area contributed by atoms with Crippen LogP contribution < -0.4 is 50.4 Å². The Labute approximate surface area is 858 Å². The standard InChI is InChI=1S/2C42H49N3O4.C42H49N3O3/c1-37(2)17-41(19-39(5,6)23-13-27(43)31(48)15-25(23)41)33-21(37)9-11-29(46)35(33)45-36-30(47)12-10-22-34(36)42(18-38(22,3)4)20-40(7,8)24-14-28(44)32(49)16-26(24)42;1-37(2)19-42(20-40(7,8)23-12-29(44)33(48)15-27(23)42)35-21(37)9-10-31(46)36(35)45-30-13-24-26(16-34(30)49)41(18-39(24,5)6)17-38(3,4)22-11-28(43)32(47)14-25(22)41;1-37(2)18-41(19-38(3,4)25-12-31(43)34(46)15-28(25)41)23-10-9-22(11-24(23)37)45-33-14-27-30(17-36(33)48)42(21-40(27,7)8)20-39(5,6)26-13-32(44)35(47)16-29(26)42/h2*9-16,45-49H,17-20,43-44H2,1-8H3;9-17,45-48H,18-21,43-44H2,1-8H3. The number of nitrogen functional groups attached to an aromatic ring is 6. The average molecular weight is 1960 g/mol. The summed E-state index contributed by atoms with van der Waals surface area (Å²) in [5.74, 6) is 1.16. The van der Waals surface area contributed by atoms with Crippen LogP contribution in [0.4, 0.5) is 68.2 Å². The van der Waals surface area contributed by atoms with Crippen molar-refractivity contribution < 1.29 is 56.2 Å². The molecule has 0 fully saturated rings. The van der Waals surface area contributed by atoms with Crippen LogP contribution >= 0.6 is 0 Å². The second-order valence-corrected chi connectivity index (χ2v) is 54.6. The lowest BCUT2D eigenvalue weighted by atomic mass is 9.71. The lowest BCUT2D eigenvalue weighted by Crippen LogP contribution is -2.28. The van der Waals surface area contributed by atoms with Gasteiger partial charge in [0.1, 0.15) is 63.2 Å². The molecule has 26 N–H and O–H groups in total. The summed E-state index contributed by atoms with van der Waals surface area (Å²) in [5.41, 5.74) is 65.6. The highest BCUT2D eigenvalue weighted by Crippen LogP contribution is 2.75. The molecule has 12 aromatic rings. The molecule has 0 saturated carbocycles. The monoisotopic (exact) mass is 1960 g/mol. The molecule has 12 aliphatic carbocycles. The maximum Gasteiger partial charge on any atom is 0.139 e. The molecule has 0 aromatic heterocycles. The molecule has 0 radical (unpaired) electrons. The third-order valence-corrected chi connectivity index (χ3v) is 38.4. The minimum atomic E-state index is -0.528. The van der Waals surface area contributed by atoms with E-state index in [1.165, 1.54) is 33.4 Å². The smallest absolute Gasteiger partial charge is 0.139 e. The number of phenols is 11. The first-order chi connectivity index (χ1) is 67.5. The molecule has 146 heavy (non-hydrogen) atoms. The van der Waals surface area contributed by atoms with E-state index in [-0.39, 0.29) is 139 Å². The molecular weight excluding hydrogens is 1820 g/mol. The van der Waals surface area contributed by atoms with Gasteiger partial charge in [-0.1, -0.05) is 190 Å². The number of hydrogen-bond donors (Lipinski definition) is 20. The van der Waals surface area contributed by atoms with Crippen molar-refractivity contribution in [3.05, 3.63) is 285 Å². The van der Waals surface area contributed by atoms with Gasteiger partial charge in [0, 0.05) is 38.2 Å². The van der Waals surface area contributed by atoms with Crippen LogP contribution in [0, 0.1) is 0 Å². The molecule has 0 aliphatic heterocycles. The van der Waals surface area contributed by atoms with E-state index in [9.17, 15) is 56.2 Å². The maximum absolute atomic E-state index is 11.9. The van der Waals surface area contributed by atoms with Gasteiger partial charge < -0.3 is 107 Å². The Morgan fingerprint density at radius 2 is 0.342 bits per heavy atom. The fourth-order valence-electron chi connectivity index (χ4n) is 33.7. The van der Waals surface area contributed by atoms with Gasteiger partial charge in [-0.3, -0.25) is 0 Å². The molecule has 6 unspecified atom stereocenters. The second-order valence-electron chi connectivity index (χ2n) is 54.6. The third kappa shape index (κ3) is 13.3. The number of aromatic hydroxyl groups is 11. The molecular formula is C126H147N9O11. The number of benzene rings is 12. The van der Waals surface area contributed by atoms with Crippen molar-refractivity contribution in [3.8, 4) is 63.2 Å².